The molecule has 0 atom stereocenters. The van der Waals surface area contributed by atoms with Crippen LogP contribution >= 0.6 is 0 Å². The number of carbonyl (C=O) groups excluding carboxylic acids is 1. The molecule has 0 unspecified atom stereocenters. The number of rotatable bonds is 3. The van der Waals surface area contributed by atoms with Crippen LogP contribution in [0.1, 0.15) is 11.1 Å². The molecule has 1 heterocycles. The Balaban J connectivity index is 1.65. The van der Waals surface area contributed by atoms with Crippen molar-refractivity contribution < 1.29 is 19.0 Å². The molecule has 102 valence electrons. The fourth-order valence-electron chi connectivity index (χ4n) is 1.98. The number of aryl methyl sites for hydroxylation is 1. The molecule has 1 aliphatic heterocycles. The highest BCUT2D eigenvalue weighted by Crippen LogP contribution is 2.35. The van der Waals surface area contributed by atoms with Crippen molar-refractivity contribution in [3.63, 3.8) is 0 Å². The van der Waals surface area contributed by atoms with Crippen molar-refractivity contribution in [3.05, 3.63) is 53.6 Å². The largest absolute Gasteiger partial charge is 0.454 e. The number of hydrogen-bond acceptors (Lipinski definition) is 4. The fourth-order valence-corrected chi connectivity index (χ4v) is 1.98. The van der Waals surface area contributed by atoms with Crippen LogP contribution < -0.4 is 14.2 Å². The molecule has 0 fully saturated rings. The van der Waals surface area contributed by atoms with Gasteiger partial charge in [0.05, 0.1) is 6.42 Å². The molecule has 3 rings (SSSR count). The van der Waals surface area contributed by atoms with Gasteiger partial charge in [-0.15, -0.1) is 0 Å². The summed E-state index contributed by atoms with van der Waals surface area (Å²) in [7, 11) is 0. The first-order valence-corrected chi connectivity index (χ1v) is 6.36. The summed E-state index contributed by atoms with van der Waals surface area (Å²) >= 11 is 0. The minimum Gasteiger partial charge on any atom is -0.454 e. The van der Waals surface area contributed by atoms with Gasteiger partial charge in [0, 0.05) is 6.07 Å². The molecule has 0 aromatic heterocycles. The van der Waals surface area contributed by atoms with Crippen LogP contribution in [0, 0.1) is 6.92 Å². The van der Waals surface area contributed by atoms with E-state index in [-0.39, 0.29) is 19.2 Å². The second-order valence-electron chi connectivity index (χ2n) is 4.65. The summed E-state index contributed by atoms with van der Waals surface area (Å²) in [5.74, 6) is 1.44. The van der Waals surface area contributed by atoms with Crippen molar-refractivity contribution in [2.45, 2.75) is 13.3 Å². The monoisotopic (exact) mass is 270 g/mol. The maximum absolute atomic E-state index is 11.9. The Morgan fingerprint density at radius 2 is 1.85 bits per heavy atom. The third kappa shape index (κ3) is 2.74. The van der Waals surface area contributed by atoms with Gasteiger partial charge in [-0.1, -0.05) is 29.8 Å². The van der Waals surface area contributed by atoms with Crippen LogP contribution in [0.4, 0.5) is 0 Å². The summed E-state index contributed by atoms with van der Waals surface area (Å²) in [6, 6.07) is 12.9. The minimum absolute atomic E-state index is 0.204. The average molecular weight is 270 g/mol. The van der Waals surface area contributed by atoms with Crippen LogP contribution in [0.2, 0.25) is 0 Å². The zero-order valence-corrected chi connectivity index (χ0v) is 11.1. The lowest BCUT2D eigenvalue weighted by atomic mass is 10.1. The molecule has 0 N–H and O–H groups in total. The fraction of sp³-hybridized carbons (Fsp3) is 0.188. The maximum atomic E-state index is 11.9. The number of hydrogen-bond donors (Lipinski definition) is 0. The van der Waals surface area contributed by atoms with E-state index < -0.39 is 0 Å². The third-order valence-corrected chi connectivity index (χ3v) is 3.04. The molecule has 0 radical (unpaired) electrons. The van der Waals surface area contributed by atoms with Crippen molar-refractivity contribution in [2.24, 2.45) is 0 Å². The van der Waals surface area contributed by atoms with Gasteiger partial charge in [-0.25, -0.2) is 0 Å². The van der Waals surface area contributed by atoms with Crippen molar-refractivity contribution in [2.75, 3.05) is 6.79 Å². The lowest BCUT2D eigenvalue weighted by Crippen LogP contribution is -2.11. The van der Waals surface area contributed by atoms with Crippen LogP contribution in [-0.2, 0) is 11.2 Å². The van der Waals surface area contributed by atoms with E-state index >= 15 is 0 Å². The van der Waals surface area contributed by atoms with Crippen LogP contribution in [0.15, 0.2) is 42.5 Å². The lowest BCUT2D eigenvalue weighted by Gasteiger charge is -2.05. The van der Waals surface area contributed by atoms with Gasteiger partial charge in [-0.3, -0.25) is 4.79 Å². The summed E-state index contributed by atoms with van der Waals surface area (Å²) in [6.07, 6.45) is 0.245. The number of carbonyl (C=O) groups is 1. The summed E-state index contributed by atoms with van der Waals surface area (Å²) in [6.45, 7) is 2.21. The Bertz CT molecular complexity index is 631. The van der Waals surface area contributed by atoms with Gasteiger partial charge >= 0.3 is 5.97 Å². The quantitative estimate of drug-likeness (QED) is 0.635. The molecule has 0 aliphatic carbocycles. The first kappa shape index (κ1) is 12.5. The summed E-state index contributed by atoms with van der Waals surface area (Å²) in [5, 5.41) is 0. The Labute approximate surface area is 116 Å². The summed E-state index contributed by atoms with van der Waals surface area (Å²) in [5.41, 5.74) is 2.10. The van der Waals surface area contributed by atoms with E-state index in [1.807, 2.05) is 31.2 Å². The van der Waals surface area contributed by atoms with Crippen LogP contribution in [0.5, 0.6) is 17.2 Å². The number of benzene rings is 2. The molecule has 0 bridgehead atoms. The molecule has 0 saturated carbocycles. The minimum atomic E-state index is -0.298. The first-order valence-electron chi connectivity index (χ1n) is 6.36. The van der Waals surface area contributed by atoms with Gasteiger partial charge in [-0.05, 0) is 24.6 Å². The maximum Gasteiger partial charge on any atom is 0.315 e. The number of fused-ring (bicyclic) bond motifs is 1. The van der Waals surface area contributed by atoms with Gasteiger partial charge in [0.1, 0.15) is 5.75 Å². The standard InChI is InChI=1S/C16H14O4/c1-11-2-4-12(5-3-11)8-16(17)20-13-6-7-14-15(9-13)19-10-18-14/h2-7,9H,8,10H2,1H3. The van der Waals surface area contributed by atoms with Gasteiger partial charge in [0.25, 0.3) is 0 Å². The van der Waals surface area contributed by atoms with Crippen molar-refractivity contribution in [1.29, 1.82) is 0 Å². The molecule has 0 spiro atoms. The molecule has 0 amide bonds. The van der Waals surface area contributed by atoms with E-state index in [0.717, 1.165) is 11.1 Å². The average Bonchev–Trinajstić information content (AvgIpc) is 2.89. The predicted octanol–water partition coefficient (Wildman–Crippen LogP) is 2.87. The molecule has 4 nitrogen and oxygen atoms in total. The van der Waals surface area contributed by atoms with Crippen molar-refractivity contribution >= 4 is 5.97 Å². The van der Waals surface area contributed by atoms with E-state index in [1.54, 1.807) is 18.2 Å². The Kier molecular flexibility index (Phi) is 3.29. The second kappa shape index (κ2) is 5.25. The van der Waals surface area contributed by atoms with E-state index in [9.17, 15) is 4.79 Å². The number of esters is 1. The van der Waals surface area contributed by atoms with Gasteiger partial charge in [-0.2, -0.15) is 0 Å². The van der Waals surface area contributed by atoms with Crippen LogP contribution in [-0.4, -0.2) is 12.8 Å². The normalized spacial score (nSPS) is 12.2. The summed E-state index contributed by atoms with van der Waals surface area (Å²) in [4.78, 5) is 11.9. The second-order valence-corrected chi connectivity index (χ2v) is 4.65. The van der Waals surface area contributed by atoms with E-state index in [2.05, 4.69) is 0 Å². The Morgan fingerprint density at radius 3 is 2.65 bits per heavy atom. The zero-order valence-electron chi connectivity index (χ0n) is 11.1. The highest BCUT2D eigenvalue weighted by Gasteiger charge is 2.15. The van der Waals surface area contributed by atoms with E-state index in [0.29, 0.717) is 17.2 Å². The smallest absolute Gasteiger partial charge is 0.315 e. The molecule has 1 aliphatic rings. The molecule has 4 heteroatoms. The highest BCUT2D eigenvalue weighted by atomic mass is 16.7. The van der Waals surface area contributed by atoms with E-state index in [1.165, 1.54) is 0 Å². The molecular formula is C16H14O4. The molecule has 0 saturated heterocycles. The topological polar surface area (TPSA) is 44.8 Å². The van der Waals surface area contributed by atoms with Gasteiger partial charge in [0.15, 0.2) is 11.5 Å². The number of ether oxygens (including phenoxy) is 3. The molecule has 2 aromatic carbocycles. The zero-order chi connectivity index (χ0) is 13.9. The highest BCUT2D eigenvalue weighted by molar-refractivity contribution is 5.75. The third-order valence-electron chi connectivity index (χ3n) is 3.04. The molecule has 20 heavy (non-hydrogen) atoms. The van der Waals surface area contributed by atoms with Crippen LogP contribution in [0.25, 0.3) is 0 Å². The first-order chi connectivity index (χ1) is 9.70. The van der Waals surface area contributed by atoms with E-state index in [4.69, 9.17) is 14.2 Å². The van der Waals surface area contributed by atoms with Crippen molar-refractivity contribution in [3.8, 4) is 17.2 Å². The SMILES string of the molecule is Cc1ccc(CC(=O)Oc2ccc3c(c2)OCO3)cc1. The van der Waals surface area contributed by atoms with Crippen molar-refractivity contribution in [1.82, 2.24) is 0 Å². The lowest BCUT2D eigenvalue weighted by molar-refractivity contribution is -0.133. The Morgan fingerprint density at radius 1 is 1.10 bits per heavy atom. The molecule has 2 aromatic rings. The van der Waals surface area contributed by atoms with Gasteiger partial charge in [0.2, 0.25) is 6.79 Å². The summed E-state index contributed by atoms with van der Waals surface area (Å²) < 4.78 is 15.7. The van der Waals surface area contributed by atoms with Gasteiger partial charge < -0.3 is 14.2 Å². The molecular weight excluding hydrogens is 256 g/mol. The van der Waals surface area contributed by atoms with Crippen LogP contribution in [0.3, 0.4) is 0 Å². The predicted molar refractivity (Wildman–Crippen MR) is 73.1 cm³/mol. The Hall–Kier alpha value is -2.49.